The lowest BCUT2D eigenvalue weighted by Crippen LogP contribution is -2.43. The summed E-state index contributed by atoms with van der Waals surface area (Å²) in [5, 5.41) is 18.2. The summed E-state index contributed by atoms with van der Waals surface area (Å²) in [6.07, 6.45) is 1.95. The number of hydrogen-bond donors (Lipinski definition) is 2. The van der Waals surface area contributed by atoms with E-state index in [0.717, 1.165) is 0 Å². The van der Waals surface area contributed by atoms with E-state index in [2.05, 4.69) is 0 Å². The maximum absolute atomic E-state index is 11.2. The monoisotopic (exact) mass is 172 g/mol. The smallest absolute Gasteiger partial charge is 0.192 e. The van der Waals surface area contributed by atoms with E-state index in [0.29, 0.717) is 12.2 Å². The Hall–Kier alpha value is -0.870. The minimum Gasteiger partial charge on any atom is -0.501 e. The Bertz CT molecular complexity index is 221. The van der Waals surface area contributed by atoms with E-state index < -0.39 is 18.0 Å². The molecule has 0 radical (unpaired) electrons. The Morgan fingerprint density at radius 2 is 2.42 bits per heavy atom. The van der Waals surface area contributed by atoms with Crippen molar-refractivity contribution in [3.63, 3.8) is 0 Å². The number of rotatable bonds is 2. The second-order valence-electron chi connectivity index (χ2n) is 2.87. The molecule has 1 rings (SSSR count). The van der Waals surface area contributed by atoms with Crippen LogP contribution in [0.1, 0.15) is 12.8 Å². The first-order chi connectivity index (χ1) is 5.62. The number of ketones is 1. The van der Waals surface area contributed by atoms with E-state index in [4.69, 9.17) is 9.84 Å². The van der Waals surface area contributed by atoms with Crippen LogP contribution in [-0.2, 0) is 9.53 Å². The summed E-state index contributed by atoms with van der Waals surface area (Å²) in [6, 6.07) is 0. The molecule has 0 aliphatic heterocycles. The van der Waals surface area contributed by atoms with Crippen LogP contribution >= 0.6 is 0 Å². The molecule has 0 amide bonds. The molecule has 1 aliphatic rings. The Labute approximate surface area is 70.5 Å². The number of carbonyl (C=O) groups excluding carboxylic acids is 1. The molecule has 0 fully saturated rings. The minimum absolute atomic E-state index is 0.224. The molecule has 1 unspecified atom stereocenters. The van der Waals surface area contributed by atoms with E-state index in [-0.39, 0.29) is 6.42 Å². The van der Waals surface area contributed by atoms with Crippen LogP contribution in [0.2, 0.25) is 0 Å². The van der Waals surface area contributed by atoms with E-state index in [1.165, 1.54) is 13.2 Å². The first-order valence-corrected chi connectivity index (χ1v) is 3.74. The highest BCUT2D eigenvalue weighted by molar-refractivity contribution is 5.98. The van der Waals surface area contributed by atoms with Crippen LogP contribution < -0.4 is 0 Å². The van der Waals surface area contributed by atoms with E-state index in [1.54, 1.807) is 0 Å². The van der Waals surface area contributed by atoms with Crippen molar-refractivity contribution < 1.29 is 19.7 Å². The lowest BCUT2D eigenvalue weighted by molar-refractivity contribution is -0.138. The highest BCUT2D eigenvalue weighted by Crippen LogP contribution is 2.24. The van der Waals surface area contributed by atoms with Crippen LogP contribution in [0, 0.1) is 0 Å². The zero-order valence-electron chi connectivity index (χ0n) is 6.91. The highest BCUT2D eigenvalue weighted by Gasteiger charge is 2.36. The number of allylic oxidation sites excluding steroid dienone is 1. The van der Waals surface area contributed by atoms with Gasteiger partial charge in [-0.25, -0.2) is 0 Å². The molecule has 0 saturated heterocycles. The Balaban J connectivity index is 2.80. The number of carbonyl (C=O) groups is 1. The predicted octanol–water partition coefficient (Wildman–Crippen LogP) is -0.397. The van der Waals surface area contributed by atoms with Crippen LogP contribution in [0.4, 0.5) is 0 Å². The van der Waals surface area contributed by atoms with Crippen molar-refractivity contribution in [2.45, 2.75) is 18.4 Å². The molecule has 4 nitrogen and oxygen atoms in total. The van der Waals surface area contributed by atoms with Gasteiger partial charge in [-0.1, -0.05) is 0 Å². The molecule has 0 heterocycles. The van der Waals surface area contributed by atoms with Gasteiger partial charge in [0.2, 0.25) is 0 Å². The highest BCUT2D eigenvalue weighted by atomic mass is 16.5. The topological polar surface area (TPSA) is 66.8 Å². The fourth-order valence-electron chi connectivity index (χ4n) is 1.12. The van der Waals surface area contributed by atoms with Gasteiger partial charge in [-0.15, -0.1) is 0 Å². The van der Waals surface area contributed by atoms with Crippen molar-refractivity contribution in [2.75, 3.05) is 13.7 Å². The zero-order valence-corrected chi connectivity index (χ0v) is 6.91. The van der Waals surface area contributed by atoms with Gasteiger partial charge in [0.05, 0.1) is 19.5 Å². The third-order valence-electron chi connectivity index (χ3n) is 2.06. The first kappa shape index (κ1) is 9.22. The van der Waals surface area contributed by atoms with Gasteiger partial charge in [0, 0.05) is 12.5 Å². The lowest BCUT2D eigenvalue weighted by Gasteiger charge is -2.26. The number of methoxy groups -OCH3 is 1. The molecule has 0 aromatic heterocycles. The third kappa shape index (κ3) is 1.49. The van der Waals surface area contributed by atoms with Crippen molar-refractivity contribution in [1.29, 1.82) is 0 Å². The molecule has 0 bridgehead atoms. The summed E-state index contributed by atoms with van der Waals surface area (Å²) in [6.45, 7) is -0.528. The van der Waals surface area contributed by atoms with Gasteiger partial charge in [-0.3, -0.25) is 4.79 Å². The maximum atomic E-state index is 11.2. The summed E-state index contributed by atoms with van der Waals surface area (Å²) in [4.78, 5) is 11.2. The average Bonchev–Trinajstić information content (AvgIpc) is 2.10. The molecule has 1 aliphatic carbocycles. The van der Waals surface area contributed by atoms with Crippen molar-refractivity contribution >= 4 is 5.78 Å². The van der Waals surface area contributed by atoms with Gasteiger partial charge in [-0.2, -0.15) is 0 Å². The van der Waals surface area contributed by atoms with Crippen LogP contribution in [0.5, 0.6) is 0 Å². The largest absolute Gasteiger partial charge is 0.501 e. The SMILES string of the molecule is COC1=CC(=O)C(O)(CO)CC1. The molecule has 0 saturated carbocycles. The lowest BCUT2D eigenvalue weighted by atomic mass is 9.88. The number of aliphatic hydroxyl groups excluding tert-OH is 1. The Morgan fingerprint density at radius 3 is 2.83 bits per heavy atom. The van der Waals surface area contributed by atoms with Crippen LogP contribution in [0.3, 0.4) is 0 Å². The quantitative estimate of drug-likeness (QED) is 0.595. The molecular formula is C8H12O4. The molecule has 2 N–H and O–H groups in total. The zero-order chi connectivity index (χ0) is 9.19. The molecule has 0 aromatic rings. The normalized spacial score (nSPS) is 29.9. The Kier molecular flexibility index (Phi) is 2.49. The van der Waals surface area contributed by atoms with Crippen molar-refractivity contribution in [3.8, 4) is 0 Å². The van der Waals surface area contributed by atoms with E-state index in [1.807, 2.05) is 0 Å². The Morgan fingerprint density at radius 1 is 1.75 bits per heavy atom. The molecular weight excluding hydrogens is 160 g/mol. The van der Waals surface area contributed by atoms with Crippen LogP contribution in [0.15, 0.2) is 11.8 Å². The second-order valence-corrected chi connectivity index (χ2v) is 2.87. The second kappa shape index (κ2) is 3.25. The number of aliphatic hydroxyl groups is 2. The van der Waals surface area contributed by atoms with Crippen molar-refractivity contribution in [2.24, 2.45) is 0 Å². The summed E-state index contributed by atoms with van der Waals surface area (Å²) in [5.41, 5.74) is -1.58. The molecule has 1 atom stereocenters. The standard InChI is InChI=1S/C8H12O4/c1-12-6-2-3-8(11,5-9)7(10)4-6/h4,9,11H,2-3,5H2,1H3. The number of hydrogen-bond acceptors (Lipinski definition) is 4. The van der Waals surface area contributed by atoms with Gasteiger partial charge < -0.3 is 14.9 Å². The molecule has 0 spiro atoms. The van der Waals surface area contributed by atoms with Crippen LogP contribution in [0.25, 0.3) is 0 Å². The molecule has 68 valence electrons. The maximum Gasteiger partial charge on any atom is 0.192 e. The summed E-state index contributed by atoms with van der Waals surface area (Å²) in [7, 11) is 1.47. The van der Waals surface area contributed by atoms with Crippen molar-refractivity contribution in [1.82, 2.24) is 0 Å². The average molecular weight is 172 g/mol. The van der Waals surface area contributed by atoms with E-state index >= 15 is 0 Å². The minimum atomic E-state index is -1.58. The predicted molar refractivity (Wildman–Crippen MR) is 41.4 cm³/mol. The summed E-state index contributed by atoms with van der Waals surface area (Å²) >= 11 is 0. The third-order valence-corrected chi connectivity index (χ3v) is 2.06. The first-order valence-electron chi connectivity index (χ1n) is 3.74. The number of ether oxygens (including phenoxy) is 1. The van der Waals surface area contributed by atoms with Gasteiger partial charge in [0.1, 0.15) is 0 Å². The summed E-state index contributed by atoms with van der Waals surface area (Å²) < 4.78 is 4.85. The van der Waals surface area contributed by atoms with Gasteiger partial charge in [0.15, 0.2) is 11.4 Å². The van der Waals surface area contributed by atoms with Crippen molar-refractivity contribution in [3.05, 3.63) is 11.8 Å². The molecule has 4 heteroatoms. The van der Waals surface area contributed by atoms with E-state index in [9.17, 15) is 9.90 Å². The molecule has 12 heavy (non-hydrogen) atoms. The fraction of sp³-hybridized carbons (Fsp3) is 0.625. The van der Waals surface area contributed by atoms with Gasteiger partial charge >= 0.3 is 0 Å². The fourth-order valence-corrected chi connectivity index (χ4v) is 1.12. The van der Waals surface area contributed by atoms with Gasteiger partial charge in [-0.05, 0) is 6.42 Å². The van der Waals surface area contributed by atoms with Gasteiger partial charge in [0.25, 0.3) is 0 Å². The molecule has 0 aromatic carbocycles. The summed E-state index contributed by atoms with van der Waals surface area (Å²) in [5.74, 6) is 0.0752. The van der Waals surface area contributed by atoms with Crippen LogP contribution in [-0.4, -0.2) is 35.3 Å².